The van der Waals surface area contributed by atoms with Crippen LogP contribution in [0.2, 0.25) is 0 Å². The number of hydrogen-bond acceptors (Lipinski definition) is 4. The Hall–Kier alpha value is -4.46. The summed E-state index contributed by atoms with van der Waals surface area (Å²) in [6, 6.07) is 13.9. The average Bonchev–Trinajstić information content (AvgIpc) is 3.50. The van der Waals surface area contributed by atoms with Gasteiger partial charge >= 0.3 is 5.97 Å². The highest BCUT2D eigenvalue weighted by Crippen LogP contribution is 2.34. The van der Waals surface area contributed by atoms with Crippen LogP contribution in [0.5, 0.6) is 0 Å². The SMILES string of the molecule is CCc1c(Cn2ccnc2)cccc1Nc1c(C(=O)O)cnc2[nH]c(-c3ccc(F)cc3)cc12. The number of hydrogen-bond donors (Lipinski definition) is 3. The van der Waals surface area contributed by atoms with Crippen molar-refractivity contribution in [3.63, 3.8) is 0 Å². The van der Waals surface area contributed by atoms with Crippen molar-refractivity contribution in [2.75, 3.05) is 5.32 Å². The summed E-state index contributed by atoms with van der Waals surface area (Å²) in [7, 11) is 0. The second-order valence-corrected chi connectivity index (χ2v) is 7.96. The van der Waals surface area contributed by atoms with Crippen LogP contribution in [0.25, 0.3) is 22.3 Å². The lowest BCUT2D eigenvalue weighted by Crippen LogP contribution is -2.07. The van der Waals surface area contributed by atoms with Crippen molar-refractivity contribution in [2.45, 2.75) is 19.9 Å². The molecule has 0 spiro atoms. The first-order valence-electron chi connectivity index (χ1n) is 10.9. The molecule has 2 aromatic carbocycles. The zero-order valence-corrected chi connectivity index (χ0v) is 18.4. The number of benzene rings is 2. The molecule has 34 heavy (non-hydrogen) atoms. The van der Waals surface area contributed by atoms with Crippen LogP contribution in [-0.4, -0.2) is 30.6 Å². The molecule has 0 unspecified atom stereocenters. The molecule has 3 aromatic heterocycles. The van der Waals surface area contributed by atoms with Gasteiger partial charge in [0.25, 0.3) is 0 Å². The summed E-state index contributed by atoms with van der Waals surface area (Å²) in [6.07, 6.45) is 7.53. The van der Waals surface area contributed by atoms with Gasteiger partial charge in [0.1, 0.15) is 17.0 Å². The Morgan fingerprint density at radius 2 is 2.03 bits per heavy atom. The number of aromatic nitrogens is 4. The van der Waals surface area contributed by atoms with Gasteiger partial charge in [0.15, 0.2) is 0 Å². The normalized spacial score (nSPS) is 11.1. The van der Waals surface area contributed by atoms with Gasteiger partial charge in [-0.25, -0.2) is 19.2 Å². The fourth-order valence-corrected chi connectivity index (χ4v) is 4.19. The van der Waals surface area contributed by atoms with E-state index in [4.69, 9.17) is 0 Å². The van der Waals surface area contributed by atoms with E-state index in [-0.39, 0.29) is 11.4 Å². The van der Waals surface area contributed by atoms with E-state index < -0.39 is 5.97 Å². The molecular weight excluding hydrogens is 433 g/mol. The molecule has 0 fully saturated rings. The summed E-state index contributed by atoms with van der Waals surface area (Å²) >= 11 is 0. The molecule has 5 rings (SSSR count). The molecular formula is C26H22FN5O2. The number of aromatic amines is 1. The smallest absolute Gasteiger partial charge is 0.339 e. The number of imidazole rings is 1. The molecule has 5 aromatic rings. The summed E-state index contributed by atoms with van der Waals surface area (Å²) in [6.45, 7) is 2.73. The summed E-state index contributed by atoms with van der Waals surface area (Å²) < 4.78 is 15.4. The van der Waals surface area contributed by atoms with E-state index >= 15 is 0 Å². The number of anilines is 2. The average molecular weight is 455 g/mol. The van der Waals surface area contributed by atoms with Crippen LogP contribution in [0, 0.1) is 5.82 Å². The van der Waals surface area contributed by atoms with Gasteiger partial charge in [-0.05, 0) is 59.5 Å². The van der Waals surface area contributed by atoms with Crippen LogP contribution < -0.4 is 5.32 Å². The predicted octanol–water partition coefficient (Wildman–Crippen LogP) is 5.62. The van der Waals surface area contributed by atoms with E-state index in [0.29, 0.717) is 23.3 Å². The lowest BCUT2D eigenvalue weighted by molar-refractivity contribution is 0.0697. The Kier molecular flexibility index (Phi) is 5.55. The number of nitrogens with zero attached hydrogens (tertiary/aromatic N) is 3. The van der Waals surface area contributed by atoms with Crippen molar-refractivity contribution in [3.05, 3.63) is 96.0 Å². The minimum atomic E-state index is -1.07. The quantitative estimate of drug-likeness (QED) is 0.296. The molecule has 0 radical (unpaired) electrons. The lowest BCUT2D eigenvalue weighted by Gasteiger charge is -2.17. The number of aromatic carboxylic acids is 1. The van der Waals surface area contributed by atoms with Gasteiger partial charge in [-0.2, -0.15) is 0 Å². The van der Waals surface area contributed by atoms with E-state index in [9.17, 15) is 14.3 Å². The molecule has 0 amide bonds. The Balaban J connectivity index is 1.61. The minimum Gasteiger partial charge on any atom is -0.478 e. The van der Waals surface area contributed by atoms with Crippen molar-refractivity contribution in [3.8, 4) is 11.3 Å². The fraction of sp³-hybridized carbons (Fsp3) is 0.115. The van der Waals surface area contributed by atoms with Crippen molar-refractivity contribution in [1.29, 1.82) is 0 Å². The molecule has 170 valence electrons. The second-order valence-electron chi connectivity index (χ2n) is 7.96. The van der Waals surface area contributed by atoms with E-state index in [1.807, 2.05) is 29.0 Å². The highest BCUT2D eigenvalue weighted by atomic mass is 19.1. The molecule has 0 atom stereocenters. The van der Waals surface area contributed by atoms with Crippen molar-refractivity contribution >= 4 is 28.4 Å². The molecule has 7 nitrogen and oxygen atoms in total. The maximum atomic E-state index is 13.4. The molecule has 3 heterocycles. The number of rotatable bonds is 7. The van der Waals surface area contributed by atoms with Crippen LogP contribution in [0.3, 0.4) is 0 Å². The zero-order valence-electron chi connectivity index (χ0n) is 18.4. The van der Waals surface area contributed by atoms with Crippen LogP contribution in [0.1, 0.15) is 28.4 Å². The molecule has 0 aliphatic heterocycles. The van der Waals surface area contributed by atoms with Crippen molar-refractivity contribution in [2.24, 2.45) is 0 Å². The Morgan fingerprint density at radius 1 is 1.21 bits per heavy atom. The summed E-state index contributed by atoms with van der Waals surface area (Å²) in [4.78, 5) is 23.7. The first kappa shape index (κ1) is 21.4. The fourth-order valence-electron chi connectivity index (χ4n) is 4.19. The highest BCUT2D eigenvalue weighted by molar-refractivity contribution is 6.06. The Labute approximate surface area is 194 Å². The maximum absolute atomic E-state index is 13.4. The first-order valence-corrected chi connectivity index (χ1v) is 10.9. The van der Waals surface area contributed by atoms with Gasteiger partial charge in [-0.15, -0.1) is 0 Å². The molecule has 0 aliphatic carbocycles. The molecule has 0 saturated carbocycles. The first-order chi connectivity index (χ1) is 16.5. The topological polar surface area (TPSA) is 95.8 Å². The number of carbonyl (C=O) groups is 1. The summed E-state index contributed by atoms with van der Waals surface area (Å²) in [5.74, 6) is -1.40. The Morgan fingerprint density at radius 3 is 2.74 bits per heavy atom. The monoisotopic (exact) mass is 455 g/mol. The van der Waals surface area contributed by atoms with E-state index in [0.717, 1.165) is 34.5 Å². The summed E-state index contributed by atoms with van der Waals surface area (Å²) in [5.41, 5.74) is 5.60. The number of nitrogens with one attached hydrogen (secondary N) is 2. The largest absolute Gasteiger partial charge is 0.478 e. The van der Waals surface area contributed by atoms with Crippen LogP contribution >= 0.6 is 0 Å². The molecule has 3 N–H and O–H groups in total. The van der Waals surface area contributed by atoms with Gasteiger partial charge in [0.05, 0.1) is 12.0 Å². The number of fused-ring (bicyclic) bond motifs is 1. The molecule has 8 heteroatoms. The van der Waals surface area contributed by atoms with Crippen molar-refractivity contribution in [1.82, 2.24) is 19.5 Å². The van der Waals surface area contributed by atoms with E-state index in [1.54, 1.807) is 24.7 Å². The van der Waals surface area contributed by atoms with Crippen molar-refractivity contribution < 1.29 is 14.3 Å². The van der Waals surface area contributed by atoms with Gasteiger partial charge in [-0.3, -0.25) is 0 Å². The molecule has 0 saturated heterocycles. The third-order valence-corrected chi connectivity index (χ3v) is 5.84. The van der Waals surface area contributed by atoms with Crippen LogP contribution in [0.15, 0.2) is 73.4 Å². The molecule has 0 aliphatic rings. The number of carboxylic acid groups (broad SMARTS) is 1. The van der Waals surface area contributed by atoms with Gasteiger partial charge < -0.3 is 20.0 Å². The number of carboxylic acids is 1. The number of pyridine rings is 1. The van der Waals surface area contributed by atoms with Gasteiger partial charge in [0, 0.05) is 41.9 Å². The number of H-pyrrole nitrogens is 1. The third kappa shape index (κ3) is 4.01. The third-order valence-electron chi connectivity index (χ3n) is 5.84. The lowest BCUT2D eigenvalue weighted by atomic mass is 10.0. The number of halogens is 1. The second kappa shape index (κ2) is 8.82. The minimum absolute atomic E-state index is 0.0687. The molecule has 0 bridgehead atoms. The highest BCUT2D eigenvalue weighted by Gasteiger charge is 2.19. The van der Waals surface area contributed by atoms with Gasteiger partial charge in [0.2, 0.25) is 0 Å². The predicted molar refractivity (Wildman–Crippen MR) is 129 cm³/mol. The van der Waals surface area contributed by atoms with Gasteiger partial charge in [-0.1, -0.05) is 19.1 Å². The maximum Gasteiger partial charge on any atom is 0.339 e. The van der Waals surface area contributed by atoms with Crippen LogP contribution in [-0.2, 0) is 13.0 Å². The van der Waals surface area contributed by atoms with E-state index in [1.165, 1.54) is 18.3 Å². The van der Waals surface area contributed by atoms with Crippen LogP contribution in [0.4, 0.5) is 15.8 Å². The zero-order chi connectivity index (χ0) is 23.7. The summed E-state index contributed by atoms with van der Waals surface area (Å²) in [5, 5.41) is 13.9. The Bertz CT molecular complexity index is 1470. The van der Waals surface area contributed by atoms with E-state index in [2.05, 4.69) is 33.3 Å². The standard InChI is InChI=1S/C26H22FN5O2/c1-2-19-17(14-32-11-10-28-15-32)4-3-5-22(19)30-24-20-12-23(16-6-8-18(27)9-7-16)31-25(20)29-13-21(24)26(33)34/h3-13,15H,2,14H2,1H3,(H,33,34)(H2,29,30,31).